The number of nitrogens with zero attached hydrogens (tertiary/aromatic N) is 1. The van der Waals surface area contributed by atoms with E-state index in [1.807, 2.05) is 30.3 Å². The number of halogens is 1. The Morgan fingerprint density at radius 1 is 1.20 bits per heavy atom. The van der Waals surface area contributed by atoms with E-state index >= 15 is 0 Å². The fourth-order valence-corrected chi connectivity index (χ4v) is 3.65. The monoisotopic (exact) mass is 357 g/mol. The molecule has 6 heteroatoms. The lowest BCUT2D eigenvalue weighted by Gasteiger charge is -2.34. The number of nitrogens with one attached hydrogen (secondary N) is 2. The van der Waals surface area contributed by atoms with Crippen LogP contribution < -0.4 is 10.9 Å². The van der Waals surface area contributed by atoms with Gasteiger partial charge in [0.05, 0.1) is 6.04 Å². The number of pyridine rings is 1. The molecule has 1 saturated carbocycles. The Balaban J connectivity index is 1.56. The van der Waals surface area contributed by atoms with Gasteiger partial charge in [0, 0.05) is 42.0 Å². The summed E-state index contributed by atoms with van der Waals surface area (Å²) in [7, 11) is 0. The summed E-state index contributed by atoms with van der Waals surface area (Å²) < 4.78 is 0. The van der Waals surface area contributed by atoms with E-state index in [-0.39, 0.29) is 17.5 Å². The molecule has 1 aromatic carbocycles. The number of hydrogen-bond acceptors (Lipinski definition) is 3. The third-order valence-corrected chi connectivity index (χ3v) is 5.22. The lowest BCUT2D eigenvalue weighted by Crippen LogP contribution is -2.48. The number of hydrogen-bond donors (Lipinski definition) is 2. The van der Waals surface area contributed by atoms with Crippen molar-refractivity contribution in [1.82, 2.24) is 15.2 Å². The standard InChI is InChI=1S/C19H20ClN3O2/c20-15-4-2-1-3-14(15)17-11-23(8-7-21-17)19(25)13-9-16(12-5-6-12)22-18(24)10-13/h1-4,9-10,12,17,21H,5-8,11H2,(H,22,24). The topological polar surface area (TPSA) is 65.2 Å². The van der Waals surface area contributed by atoms with Gasteiger partial charge in [0.15, 0.2) is 0 Å². The molecule has 1 aromatic heterocycles. The van der Waals surface area contributed by atoms with E-state index in [1.54, 1.807) is 4.90 Å². The van der Waals surface area contributed by atoms with E-state index in [0.29, 0.717) is 36.1 Å². The summed E-state index contributed by atoms with van der Waals surface area (Å²) in [6, 6.07) is 10.9. The highest BCUT2D eigenvalue weighted by Gasteiger charge is 2.29. The highest BCUT2D eigenvalue weighted by molar-refractivity contribution is 6.31. The fourth-order valence-electron chi connectivity index (χ4n) is 3.39. The maximum atomic E-state index is 12.9. The predicted octanol–water partition coefficient (Wildman–Crippen LogP) is 2.69. The average molecular weight is 358 g/mol. The van der Waals surface area contributed by atoms with Crippen LogP contribution in [-0.4, -0.2) is 35.4 Å². The van der Waals surface area contributed by atoms with Crippen LogP contribution in [0.3, 0.4) is 0 Å². The Labute approximate surface area is 151 Å². The first-order valence-corrected chi connectivity index (χ1v) is 9.01. The van der Waals surface area contributed by atoms with Gasteiger partial charge in [0.25, 0.3) is 5.91 Å². The number of H-pyrrole nitrogens is 1. The minimum Gasteiger partial charge on any atom is -0.335 e. The van der Waals surface area contributed by atoms with Crippen molar-refractivity contribution in [3.05, 3.63) is 68.6 Å². The van der Waals surface area contributed by atoms with E-state index in [1.165, 1.54) is 6.07 Å². The lowest BCUT2D eigenvalue weighted by molar-refractivity contribution is 0.0702. The Bertz CT molecular complexity index is 860. The zero-order chi connectivity index (χ0) is 17.4. The number of amides is 1. The fraction of sp³-hybridized carbons (Fsp3) is 0.368. The van der Waals surface area contributed by atoms with E-state index in [9.17, 15) is 9.59 Å². The third-order valence-electron chi connectivity index (χ3n) is 4.87. The van der Waals surface area contributed by atoms with Gasteiger partial charge in [0.2, 0.25) is 5.56 Å². The van der Waals surface area contributed by atoms with Gasteiger partial charge in [-0.25, -0.2) is 0 Å². The molecule has 1 saturated heterocycles. The molecule has 2 N–H and O–H groups in total. The van der Waals surface area contributed by atoms with Crippen molar-refractivity contribution in [2.75, 3.05) is 19.6 Å². The van der Waals surface area contributed by atoms with Crippen LogP contribution in [0.15, 0.2) is 41.2 Å². The molecule has 5 nitrogen and oxygen atoms in total. The van der Waals surface area contributed by atoms with E-state index in [4.69, 9.17) is 11.6 Å². The smallest absolute Gasteiger partial charge is 0.254 e. The largest absolute Gasteiger partial charge is 0.335 e. The van der Waals surface area contributed by atoms with Gasteiger partial charge in [-0.05, 0) is 36.5 Å². The lowest BCUT2D eigenvalue weighted by atomic mass is 10.0. The van der Waals surface area contributed by atoms with Crippen LogP contribution in [0.25, 0.3) is 0 Å². The molecule has 25 heavy (non-hydrogen) atoms. The van der Waals surface area contributed by atoms with Crippen molar-refractivity contribution < 1.29 is 4.79 Å². The third kappa shape index (κ3) is 3.48. The van der Waals surface area contributed by atoms with E-state index in [2.05, 4.69) is 10.3 Å². The maximum Gasteiger partial charge on any atom is 0.254 e. The van der Waals surface area contributed by atoms with Crippen molar-refractivity contribution in [2.45, 2.75) is 24.8 Å². The summed E-state index contributed by atoms with van der Waals surface area (Å²) in [5, 5.41) is 4.11. The molecule has 2 aliphatic rings. The Morgan fingerprint density at radius 2 is 2.00 bits per heavy atom. The van der Waals surface area contributed by atoms with E-state index < -0.39 is 0 Å². The van der Waals surface area contributed by atoms with Crippen LogP contribution >= 0.6 is 11.6 Å². The number of piperazine rings is 1. The van der Waals surface area contributed by atoms with Crippen LogP contribution in [0.5, 0.6) is 0 Å². The molecule has 130 valence electrons. The normalized spacial score (nSPS) is 20.5. The molecule has 1 aliphatic heterocycles. The number of rotatable bonds is 3. The molecule has 0 radical (unpaired) electrons. The van der Waals surface area contributed by atoms with Gasteiger partial charge in [-0.1, -0.05) is 29.8 Å². The number of carbonyl (C=O) groups is 1. The molecule has 0 spiro atoms. The Hall–Kier alpha value is -2.11. The van der Waals surface area contributed by atoms with Gasteiger partial charge in [-0.15, -0.1) is 0 Å². The van der Waals surface area contributed by atoms with Crippen molar-refractivity contribution >= 4 is 17.5 Å². The number of carbonyl (C=O) groups excluding carboxylic acids is 1. The SMILES string of the molecule is O=C(c1cc(C2CC2)[nH]c(=O)c1)N1CCNC(c2ccccc2Cl)C1. The summed E-state index contributed by atoms with van der Waals surface area (Å²) in [6.07, 6.45) is 2.16. The molecule has 1 atom stereocenters. The molecule has 1 amide bonds. The molecule has 2 fully saturated rings. The quantitative estimate of drug-likeness (QED) is 0.887. The van der Waals surface area contributed by atoms with Gasteiger partial charge >= 0.3 is 0 Å². The zero-order valence-corrected chi connectivity index (χ0v) is 14.6. The second kappa shape index (κ2) is 6.65. The first-order chi connectivity index (χ1) is 12.1. The van der Waals surface area contributed by atoms with Crippen LogP contribution in [0.4, 0.5) is 0 Å². The summed E-state index contributed by atoms with van der Waals surface area (Å²) in [5.41, 5.74) is 2.15. The first-order valence-electron chi connectivity index (χ1n) is 8.63. The Kier molecular flexibility index (Phi) is 4.36. The Morgan fingerprint density at radius 3 is 2.76 bits per heavy atom. The van der Waals surface area contributed by atoms with Gasteiger partial charge in [-0.2, -0.15) is 0 Å². The van der Waals surface area contributed by atoms with E-state index in [0.717, 1.165) is 24.1 Å². The van der Waals surface area contributed by atoms with Crippen molar-refractivity contribution in [3.8, 4) is 0 Å². The summed E-state index contributed by atoms with van der Waals surface area (Å²) >= 11 is 6.30. The molecule has 2 aromatic rings. The van der Waals surface area contributed by atoms with Crippen LogP contribution in [0, 0.1) is 0 Å². The average Bonchev–Trinajstić information content (AvgIpc) is 3.46. The first kappa shape index (κ1) is 16.4. The summed E-state index contributed by atoms with van der Waals surface area (Å²) in [5.74, 6) is 0.311. The molecular weight excluding hydrogens is 338 g/mol. The van der Waals surface area contributed by atoms with Crippen molar-refractivity contribution in [3.63, 3.8) is 0 Å². The second-order valence-corrected chi connectivity index (χ2v) is 7.15. The molecule has 1 unspecified atom stereocenters. The number of benzene rings is 1. The van der Waals surface area contributed by atoms with Crippen molar-refractivity contribution in [2.24, 2.45) is 0 Å². The maximum absolute atomic E-state index is 12.9. The minimum absolute atomic E-state index is 0.00343. The molecule has 0 bridgehead atoms. The number of aromatic amines is 1. The summed E-state index contributed by atoms with van der Waals surface area (Å²) in [4.78, 5) is 29.5. The molecule has 2 heterocycles. The van der Waals surface area contributed by atoms with Crippen LogP contribution in [0.2, 0.25) is 5.02 Å². The minimum atomic E-state index is -0.203. The molecular formula is C19H20ClN3O2. The zero-order valence-electron chi connectivity index (χ0n) is 13.8. The highest BCUT2D eigenvalue weighted by Crippen LogP contribution is 2.38. The van der Waals surface area contributed by atoms with Gasteiger partial charge < -0.3 is 15.2 Å². The molecule has 4 rings (SSSR count). The molecule has 1 aliphatic carbocycles. The van der Waals surface area contributed by atoms with Crippen LogP contribution in [0.1, 0.15) is 46.4 Å². The highest BCUT2D eigenvalue weighted by atomic mass is 35.5. The predicted molar refractivity (Wildman–Crippen MR) is 97.1 cm³/mol. The summed E-state index contributed by atoms with van der Waals surface area (Å²) in [6.45, 7) is 1.85. The van der Waals surface area contributed by atoms with Crippen LogP contribution in [-0.2, 0) is 0 Å². The van der Waals surface area contributed by atoms with Gasteiger partial charge in [-0.3, -0.25) is 9.59 Å². The number of aromatic nitrogens is 1. The second-order valence-electron chi connectivity index (χ2n) is 6.74. The van der Waals surface area contributed by atoms with Crippen molar-refractivity contribution in [1.29, 1.82) is 0 Å². The van der Waals surface area contributed by atoms with Gasteiger partial charge in [0.1, 0.15) is 0 Å².